The molecule has 0 unspecified atom stereocenters. The summed E-state index contributed by atoms with van der Waals surface area (Å²) >= 11 is 2.86. The summed E-state index contributed by atoms with van der Waals surface area (Å²) in [6.45, 7) is 8.06. The van der Waals surface area contributed by atoms with E-state index >= 15 is 0 Å². The normalized spacial score (nSPS) is 11.3. The molecule has 158 valence electrons. The number of para-hydroxylation sites is 2. The minimum Gasteiger partial charge on any atom is -0.455 e. The summed E-state index contributed by atoms with van der Waals surface area (Å²) < 4.78 is 7.07. The fraction of sp³-hybridized carbons (Fsp3) is 0.348. The molecule has 0 atom stereocenters. The van der Waals surface area contributed by atoms with Crippen LogP contribution in [0.4, 0.5) is 5.69 Å². The number of thiazole rings is 1. The van der Waals surface area contributed by atoms with Crippen LogP contribution >= 0.6 is 23.1 Å². The topological polar surface area (TPSA) is 68.3 Å². The number of carbonyl (C=O) groups is 2. The van der Waals surface area contributed by atoms with Crippen LogP contribution in [0, 0.1) is 0 Å². The van der Waals surface area contributed by atoms with Crippen molar-refractivity contribution in [2.75, 3.05) is 17.7 Å². The Morgan fingerprint density at radius 2 is 1.70 bits per heavy atom. The van der Waals surface area contributed by atoms with Gasteiger partial charge in [0.25, 0.3) is 5.91 Å². The number of fused-ring (bicyclic) bond motifs is 1. The molecule has 0 radical (unpaired) electrons. The van der Waals surface area contributed by atoms with Crippen molar-refractivity contribution >= 4 is 50.9 Å². The van der Waals surface area contributed by atoms with Gasteiger partial charge >= 0.3 is 5.97 Å². The van der Waals surface area contributed by atoms with E-state index in [4.69, 9.17) is 4.74 Å². The number of hydrogen-bond acceptors (Lipinski definition) is 6. The van der Waals surface area contributed by atoms with Gasteiger partial charge in [0.2, 0.25) is 0 Å². The number of hydrogen-bond donors (Lipinski definition) is 1. The van der Waals surface area contributed by atoms with Crippen molar-refractivity contribution < 1.29 is 14.3 Å². The molecule has 0 fully saturated rings. The molecule has 0 aliphatic heterocycles. The third-order valence-corrected chi connectivity index (χ3v) is 6.74. The molecule has 5 nitrogen and oxygen atoms in total. The van der Waals surface area contributed by atoms with Gasteiger partial charge < -0.3 is 10.1 Å². The Hall–Kier alpha value is -2.38. The maximum absolute atomic E-state index is 12.5. The first-order chi connectivity index (χ1) is 14.3. The molecule has 3 rings (SSSR count). The van der Waals surface area contributed by atoms with E-state index in [-0.39, 0.29) is 30.1 Å². The number of rotatable bonds is 8. The second-order valence-corrected chi connectivity index (χ2v) is 9.82. The van der Waals surface area contributed by atoms with E-state index in [2.05, 4.69) is 38.0 Å². The lowest BCUT2D eigenvalue weighted by atomic mass is 9.92. The summed E-state index contributed by atoms with van der Waals surface area (Å²) in [6.07, 6.45) is 0. The molecule has 1 N–H and O–H groups in total. The van der Waals surface area contributed by atoms with E-state index in [1.54, 1.807) is 0 Å². The lowest BCUT2D eigenvalue weighted by Gasteiger charge is -2.20. The second-order valence-electron chi connectivity index (χ2n) is 7.57. The Kier molecular flexibility index (Phi) is 7.50. The molecule has 1 aromatic heterocycles. The van der Waals surface area contributed by atoms with Crippen LogP contribution < -0.4 is 5.32 Å². The van der Waals surface area contributed by atoms with Crippen molar-refractivity contribution in [2.45, 2.75) is 43.9 Å². The van der Waals surface area contributed by atoms with Gasteiger partial charge in [0.1, 0.15) is 0 Å². The summed E-state index contributed by atoms with van der Waals surface area (Å²) in [7, 11) is 0. The zero-order valence-corrected chi connectivity index (χ0v) is 19.2. The SMILES string of the molecule is CC(C)c1cccc(C(C)C)c1NC(=O)COC(=O)CSc1nc2ccccc2s1. The molecule has 3 aromatic rings. The zero-order valence-electron chi connectivity index (χ0n) is 17.6. The van der Waals surface area contributed by atoms with E-state index < -0.39 is 5.97 Å². The first-order valence-electron chi connectivity index (χ1n) is 9.91. The Balaban J connectivity index is 1.55. The number of aromatic nitrogens is 1. The van der Waals surface area contributed by atoms with Crippen LogP contribution in [0.1, 0.15) is 50.7 Å². The van der Waals surface area contributed by atoms with E-state index in [9.17, 15) is 9.59 Å². The van der Waals surface area contributed by atoms with Crippen molar-refractivity contribution in [1.82, 2.24) is 4.98 Å². The van der Waals surface area contributed by atoms with Crippen molar-refractivity contribution in [3.8, 4) is 0 Å². The molecule has 0 bridgehead atoms. The molecule has 1 amide bonds. The number of anilines is 1. The molecule has 0 saturated heterocycles. The molecule has 0 aliphatic rings. The summed E-state index contributed by atoms with van der Waals surface area (Å²) in [6, 6.07) is 13.9. The number of amides is 1. The van der Waals surface area contributed by atoms with Crippen molar-refractivity contribution in [1.29, 1.82) is 0 Å². The minimum absolute atomic E-state index is 0.118. The van der Waals surface area contributed by atoms with Crippen LogP contribution in [0.15, 0.2) is 46.8 Å². The Bertz CT molecular complexity index is 985. The van der Waals surface area contributed by atoms with Crippen LogP contribution in [0.2, 0.25) is 0 Å². The van der Waals surface area contributed by atoms with Crippen molar-refractivity contribution in [3.05, 3.63) is 53.6 Å². The van der Waals surface area contributed by atoms with Crippen LogP contribution in [0.25, 0.3) is 10.2 Å². The zero-order chi connectivity index (χ0) is 21.7. The van der Waals surface area contributed by atoms with Crippen molar-refractivity contribution in [3.63, 3.8) is 0 Å². The molecular formula is C23H26N2O3S2. The highest BCUT2D eigenvalue weighted by molar-refractivity contribution is 8.01. The highest BCUT2D eigenvalue weighted by Crippen LogP contribution is 2.32. The van der Waals surface area contributed by atoms with E-state index in [1.165, 1.54) is 23.1 Å². The molecule has 30 heavy (non-hydrogen) atoms. The second kappa shape index (κ2) is 10.1. The predicted octanol–water partition coefficient (Wildman–Crippen LogP) is 5.82. The van der Waals surface area contributed by atoms with Gasteiger partial charge in [-0.3, -0.25) is 9.59 Å². The molecule has 1 heterocycles. The summed E-state index contributed by atoms with van der Waals surface area (Å²) in [5, 5.41) is 2.96. The number of carbonyl (C=O) groups excluding carboxylic acids is 2. The van der Waals surface area contributed by atoms with Gasteiger partial charge in [-0.15, -0.1) is 11.3 Å². The maximum Gasteiger partial charge on any atom is 0.316 e. The quantitative estimate of drug-likeness (QED) is 0.352. The smallest absolute Gasteiger partial charge is 0.316 e. The van der Waals surface area contributed by atoms with Gasteiger partial charge in [-0.2, -0.15) is 0 Å². The van der Waals surface area contributed by atoms with Gasteiger partial charge in [-0.25, -0.2) is 4.98 Å². The molecule has 0 saturated carbocycles. The monoisotopic (exact) mass is 442 g/mol. The summed E-state index contributed by atoms with van der Waals surface area (Å²) in [5.41, 5.74) is 3.90. The fourth-order valence-corrected chi connectivity index (χ4v) is 4.96. The van der Waals surface area contributed by atoms with E-state index in [1.807, 2.05) is 42.5 Å². The summed E-state index contributed by atoms with van der Waals surface area (Å²) in [4.78, 5) is 29.0. The number of esters is 1. The standard InChI is InChI=1S/C23H26N2O3S2/c1-14(2)16-8-7-9-17(15(3)4)22(16)25-20(26)12-28-21(27)13-29-23-24-18-10-5-6-11-19(18)30-23/h5-11,14-15H,12-13H2,1-4H3,(H,25,26). The average molecular weight is 443 g/mol. The Morgan fingerprint density at radius 1 is 1.03 bits per heavy atom. The highest BCUT2D eigenvalue weighted by Gasteiger charge is 2.17. The number of benzene rings is 2. The number of nitrogens with zero attached hydrogens (tertiary/aromatic N) is 1. The predicted molar refractivity (Wildman–Crippen MR) is 125 cm³/mol. The third-order valence-electron chi connectivity index (χ3n) is 4.59. The lowest BCUT2D eigenvalue weighted by molar-refractivity contribution is -0.144. The number of ether oxygens (including phenoxy) is 1. The molecular weight excluding hydrogens is 416 g/mol. The lowest BCUT2D eigenvalue weighted by Crippen LogP contribution is -2.23. The van der Waals surface area contributed by atoms with Crippen LogP contribution in [-0.4, -0.2) is 29.2 Å². The van der Waals surface area contributed by atoms with Gasteiger partial charge in [-0.05, 0) is 35.1 Å². The largest absolute Gasteiger partial charge is 0.455 e. The van der Waals surface area contributed by atoms with Crippen LogP contribution in [0.3, 0.4) is 0 Å². The first kappa shape index (κ1) is 22.3. The fourth-order valence-electron chi connectivity index (χ4n) is 3.09. The molecule has 0 spiro atoms. The van der Waals surface area contributed by atoms with Gasteiger partial charge in [0.15, 0.2) is 10.9 Å². The Labute approximate surface area is 185 Å². The van der Waals surface area contributed by atoms with E-state index in [0.29, 0.717) is 0 Å². The van der Waals surface area contributed by atoms with Crippen LogP contribution in [0.5, 0.6) is 0 Å². The summed E-state index contributed by atoms with van der Waals surface area (Å²) in [5.74, 6) is -0.107. The molecule has 2 aromatic carbocycles. The number of nitrogens with one attached hydrogen (secondary N) is 1. The van der Waals surface area contributed by atoms with E-state index in [0.717, 1.165) is 31.4 Å². The maximum atomic E-state index is 12.5. The van der Waals surface area contributed by atoms with Crippen LogP contribution in [-0.2, 0) is 14.3 Å². The Morgan fingerprint density at radius 3 is 2.33 bits per heavy atom. The molecule has 7 heteroatoms. The average Bonchev–Trinajstić information content (AvgIpc) is 3.13. The number of thioether (sulfide) groups is 1. The van der Waals surface area contributed by atoms with Gasteiger partial charge in [-0.1, -0.05) is 69.8 Å². The van der Waals surface area contributed by atoms with Crippen molar-refractivity contribution in [2.24, 2.45) is 0 Å². The van der Waals surface area contributed by atoms with Gasteiger partial charge in [0, 0.05) is 5.69 Å². The molecule has 0 aliphatic carbocycles. The third kappa shape index (κ3) is 5.61. The minimum atomic E-state index is -0.435. The first-order valence-corrected chi connectivity index (χ1v) is 11.7. The highest BCUT2D eigenvalue weighted by atomic mass is 32.2. The van der Waals surface area contributed by atoms with Gasteiger partial charge in [0.05, 0.1) is 16.0 Å².